The van der Waals surface area contributed by atoms with Crippen LogP contribution in [0.3, 0.4) is 0 Å². The van der Waals surface area contributed by atoms with Crippen LogP contribution < -0.4 is 9.47 Å². The average Bonchev–Trinajstić information content (AvgIpc) is 3.25. The van der Waals surface area contributed by atoms with E-state index < -0.39 is 17.8 Å². The predicted octanol–water partition coefficient (Wildman–Crippen LogP) is 6.40. The zero-order valence-corrected chi connectivity index (χ0v) is 20.0. The molecule has 0 bridgehead atoms. The molecule has 1 aromatic heterocycles. The van der Waals surface area contributed by atoms with Crippen molar-refractivity contribution in [1.82, 2.24) is 9.88 Å². The molecule has 1 N–H and O–H groups in total. The fourth-order valence-corrected chi connectivity index (χ4v) is 4.78. The van der Waals surface area contributed by atoms with Crippen molar-refractivity contribution in [3.05, 3.63) is 94.1 Å². The second-order valence-corrected chi connectivity index (χ2v) is 8.97. The highest BCUT2D eigenvalue weighted by Gasteiger charge is 2.37. The number of carbonyl (C=O) groups excluding carboxylic acids is 1. The number of aromatic amines is 1. The summed E-state index contributed by atoms with van der Waals surface area (Å²) >= 11 is 5.91. The number of amides is 1. The maximum absolute atomic E-state index is 13.5. The number of halogens is 4. The maximum Gasteiger partial charge on any atom is 0.416 e. The van der Waals surface area contributed by atoms with Gasteiger partial charge < -0.3 is 19.4 Å². The van der Waals surface area contributed by atoms with Crippen LogP contribution in [0.1, 0.15) is 28.4 Å². The topological polar surface area (TPSA) is 54.6 Å². The van der Waals surface area contributed by atoms with E-state index in [2.05, 4.69) is 4.98 Å². The minimum atomic E-state index is -4.51. The van der Waals surface area contributed by atoms with Crippen LogP contribution in [0, 0.1) is 0 Å². The Labute approximate surface area is 210 Å². The van der Waals surface area contributed by atoms with Gasteiger partial charge in [-0.3, -0.25) is 4.79 Å². The van der Waals surface area contributed by atoms with Crippen molar-refractivity contribution in [2.45, 2.75) is 18.6 Å². The summed E-state index contributed by atoms with van der Waals surface area (Å²) in [4.78, 5) is 18.3. The second-order valence-electron chi connectivity index (χ2n) is 8.53. The fourth-order valence-electron chi connectivity index (χ4n) is 4.65. The van der Waals surface area contributed by atoms with Gasteiger partial charge in [-0.2, -0.15) is 13.2 Å². The Hall–Kier alpha value is -3.65. The lowest BCUT2D eigenvalue weighted by Crippen LogP contribution is -2.43. The summed E-state index contributed by atoms with van der Waals surface area (Å²) in [6, 6.07) is 16.6. The molecule has 0 fully saturated rings. The number of carbonyl (C=O) groups is 1. The first-order valence-corrected chi connectivity index (χ1v) is 11.7. The molecule has 1 aliphatic heterocycles. The van der Waals surface area contributed by atoms with Gasteiger partial charge in [0.25, 0.3) is 5.91 Å². The van der Waals surface area contributed by atoms with Gasteiger partial charge in [0.05, 0.1) is 18.7 Å². The van der Waals surface area contributed by atoms with Crippen LogP contribution in [-0.2, 0) is 17.4 Å². The normalized spacial score (nSPS) is 15.6. The molecule has 36 heavy (non-hydrogen) atoms. The zero-order valence-electron chi connectivity index (χ0n) is 19.2. The highest BCUT2D eigenvalue weighted by atomic mass is 35.5. The quantitative estimate of drug-likeness (QED) is 0.335. The number of methoxy groups -OCH3 is 1. The molecular formula is C27H22ClF3N2O3. The van der Waals surface area contributed by atoms with Gasteiger partial charge in [0.15, 0.2) is 6.61 Å². The number of hydrogen-bond acceptors (Lipinski definition) is 3. The van der Waals surface area contributed by atoms with Gasteiger partial charge in [-0.15, -0.1) is 0 Å². The molecular weight excluding hydrogens is 493 g/mol. The summed E-state index contributed by atoms with van der Waals surface area (Å²) in [7, 11) is 1.58. The van der Waals surface area contributed by atoms with Gasteiger partial charge >= 0.3 is 6.18 Å². The number of rotatable bonds is 5. The van der Waals surface area contributed by atoms with E-state index in [1.807, 2.05) is 18.2 Å². The molecule has 0 saturated carbocycles. The zero-order chi connectivity index (χ0) is 25.4. The smallest absolute Gasteiger partial charge is 0.416 e. The molecule has 1 atom stereocenters. The highest BCUT2D eigenvalue weighted by molar-refractivity contribution is 6.30. The van der Waals surface area contributed by atoms with Crippen molar-refractivity contribution >= 4 is 28.4 Å². The largest absolute Gasteiger partial charge is 0.497 e. The maximum atomic E-state index is 13.5. The third-order valence-corrected chi connectivity index (χ3v) is 6.61. The molecule has 4 aromatic rings. The van der Waals surface area contributed by atoms with Crippen LogP contribution in [0.5, 0.6) is 11.5 Å². The summed E-state index contributed by atoms with van der Waals surface area (Å²) < 4.78 is 51.6. The molecule has 9 heteroatoms. The Morgan fingerprint density at radius 3 is 2.56 bits per heavy atom. The van der Waals surface area contributed by atoms with Crippen molar-refractivity contribution in [2.24, 2.45) is 0 Å². The van der Waals surface area contributed by atoms with Crippen molar-refractivity contribution < 1.29 is 27.4 Å². The van der Waals surface area contributed by atoms with Crippen molar-refractivity contribution in [2.75, 3.05) is 20.3 Å². The van der Waals surface area contributed by atoms with Gasteiger partial charge in [0, 0.05) is 28.2 Å². The van der Waals surface area contributed by atoms with Crippen molar-refractivity contribution in [3.8, 4) is 11.5 Å². The molecule has 0 spiro atoms. The lowest BCUT2D eigenvalue weighted by atomic mass is 9.91. The van der Waals surface area contributed by atoms with E-state index in [9.17, 15) is 18.0 Å². The summed E-state index contributed by atoms with van der Waals surface area (Å²) in [5.41, 5.74) is 2.06. The average molecular weight is 515 g/mol. The molecule has 5 rings (SSSR count). The van der Waals surface area contributed by atoms with E-state index in [-0.39, 0.29) is 12.5 Å². The standard InChI is InChI=1S/C27H22ClF3N2O3/c1-35-20-9-10-23-22(14-20)21-11-12-33(24(34)15-36-19-7-5-18(28)6-8-19)26(25(21)32-23)16-3-2-4-17(13-16)27(29,30)31/h2-10,13-14,26,32H,11-12,15H2,1H3/t26-/m1/s1. The molecule has 0 radical (unpaired) electrons. The lowest BCUT2D eigenvalue weighted by Gasteiger charge is -2.36. The molecule has 5 nitrogen and oxygen atoms in total. The first-order valence-electron chi connectivity index (χ1n) is 11.3. The van der Waals surface area contributed by atoms with Gasteiger partial charge in [-0.25, -0.2) is 0 Å². The predicted molar refractivity (Wildman–Crippen MR) is 131 cm³/mol. The number of aromatic nitrogens is 1. The van der Waals surface area contributed by atoms with E-state index in [0.717, 1.165) is 28.6 Å². The first kappa shape index (κ1) is 24.1. The van der Waals surface area contributed by atoms with Gasteiger partial charge in [-0.1, -0.05) is 23.7 Å². The third kappa shape index (κ3) is 4.60. The Kier molecular flexibility index (Phi) is 6.30. The number of fused-ring (bicyclic) bond motifs is 3. The van der Waals surface area contributed by atoms with Gasteiger partial charge in [-0.05, 0) is 72.1 Å². The van der Waals surface area contributed by atoms with Crippen LogP contribution in [-0.4, -0.2) is 36.1 Å². The Balaban J connectivity index is 1.55. The van der Waals surface area contributed by atoms with Gasteiger partial charge in [0.2, 0.25) is 0 Å². The minimum absolute atomic E-state index is 0.263. The van der Waals surface area contributed by atoms with E-state index in [0.29, 0.717) is 40.7 Å². The SMILES string of the molecule is COc1ccc2[nH]c3c(c2c1)CCN(C(=O)COc1ccc(Cl)cc1)[C@@H]3c1cccc(C(F)(F)F)c1. The highest BCUT2D eigenvalue weighted by Crippen LogP contribution is 2.41. The molecule has 3 aromatic carbocycles. The Bertz CT molecular complexity index is 1420. The summed E-state index contributed by atoms with van der Waals surface area (Å²) in [6.07, 6.45) is -3.97. The van der Waals surface area contributed by atoms with Crippen molar-refractivity contribution in [1.29, 1.82) is 0 Å². The van der Waals surface area contributed by atoms with Crippen LogP contribution >= 0.6 is 11.6 Å². The number of H-pyrrole nitrogens is 1. The number of hydrogen-bond donors (Lipinski definition) is 1. The minimum Gasteiger partial charge on any atom is -0.497 e. The van der Waals surface area contributed by atoms with Crippen LogP contribution in [0.4, 0.5) is 13.2 Å². The molecule has 0 unspecified atom stereocenters. The molecule has 0 aliphatic carbocycles. The number of alkyl halides is 3. The Morgan fingerprint density at radius 1 is 1.08 bits per heavy atom. The molecule has 1 aliphatic rings. The van der Waals surface area contributed by atoms with Crippen molar-refractivity contribution in [3.63, 3.8) is 0 Å². The first-order chi connectivity index (χ1) is 17.2. The summed E-state index contributed by atoms with van der Waals surface area (Å²) in [5, 5.41) is 1.46. The van der Waals surface area contributed by atoms with E-state index >= 15 is 0 Å². The monoisotopic (exact) mass is 514 g/mol. The molecule has 1 amide bonds. The van der Waals surface area contributed by atoms with Crippen LogP contribution in [0.15, 0.2) is 66.7 Å². The van der Waals surface area contributed by atoms with E-state index in [1.165, 1.54) is 6.07 Å². The number of nitrogens with zero attached hydrogens (tertiary/aromatic N) is 1. The van der Waals surface area contributed by atoms with E-state index in [1.54, 1.807) is 42.3 Å². The summed E-state index contributed by atoms with van der Waals surface area (Å²) in [5.74, 6) is 0.808. The van der Waals surface area contributed by atoms with Gasteiger partial charge in [0.1, 0.15) is 11.5 Å². The van der Waals surface area contributed by atoms with Crippen LogP contribution in [0.2, 0.25) is 5.02 Å². The number of ether oxygens (including phenoxy) is 2. The third-order valence-electron chi connectivity index (χ3n) is 6.36. The number of benzene rings is 3. The fraction of sp³-hybridized carbons (Fsp3) is 0.222. The molecule has 2 heterocycles. The van der Waals surface area contributed by atoms with Crippen LogP contribution in [0.25, 0.3) is 10.9 Å². The molecule has 0 saturated heterocycles. The molecule has 186 valence electrons. The van der Waals surface area contributed by atoms with E-state index in [4.69, 9.17) is 21.1 Å². The summed E-state index contributed by atoms with van der Waals surface area (Å²) in [6.45, 7) is 0.0569. The number of nitrogens with one attached hydrogen (secondary N) is 1. The Morgan fingerprint density at radius 2 is 1.83 bits per heavy atom. The second kappa shape index (κ2) is 9.43. The lowest BCUT2D eigenvalue weighted by molar-refractivity contribution is -0.137.